The fraction of sp³-hybridized carbons (Fsp3) is 0.391. The Morgan fingerprint density at radius 1 is 1.07 bits per heavy atom. The highest BCUT2D eigenvalue weighted by Gasteiger charge is 2.38. The molecule has 1 aliphatic heterocycles. The maximum absolute atomic E-state index is 12.5. The third-order valence-electron chi connectivity index (χ3n) is 5.18. The molecule has 0 aliphatic carbocycles. The van der Waals surface area contributed by atoms with Gasteiger partial charge in [-0.15, -0.1) is 0 Å². The van der Waals surface area contributed by atoms with E-state index in [0.29, 0.717) is 12.3 Å². The highest BCUT2D eigenvalue weighted by atomic mass is 16.5. The van der Waals surface area contributed by atoms with E-state index in [2.05, 4.69) is 20.8 Å². The van der Waals surface area contributed by atoms with Crippen LogP contribution in [0.2, 0.25) is 0 Å². The van der Waals surface area contributed by atoms with Gasteiger partial charge in [-0.05, 0) is 35.6 Å². The van der Waals surface area contributed by atoms with Gasteiger partial charge in [0.15, 0.2) is 0 Å². The summed E-state index contributed by atoms with van der Waals surface area (Å²) >= 11 is 0. The lowest BCUT2D eigenvalue weighted by molar-refractivity contribution is -0.139. The Hall–Kier alpha value is -2.62. The van der Waals surface area contributed by atoms with Crippen molar-refractivity contribution >= 4 is 11.9 Å². The van der Waals surface area contributed by atoms with Gasteiger partial charge in [-0.1, -0.05) is 63.2 Å². The zero-order valence-corrected chi connectivity index (χ0v) is 16.4. The number of ether oxygens (including phenoxy) is 1. The molecule has 1 amide bonds. The molecular formula is C23H27NO3. The van der Waals surface area contributed by atoms with Crippen LogP contribution in [0.15, 0.2) is 54.6 Å². The van der Waals surface area contributed by atoms with Gasteiger partial charge < -0.3 is 9.64 Å². The quantitative estimate of drug-likeness (QED) is 0.592. The number of hydrogen-bond acceptors (Lipinski definition) is 3. The average molecular weight is 365 g/mol. The Morgan fingerprint density at radius 3 is 2.30 bits per heavy atom. The van der Waals surface area contributed by atoms with Crippen LogP contribution in [0.25, 0.3) is 0 Å². The molecule has 1 heterocycles. The Balaban J connectivity index is 1.64. The summed E-state index contributed by atoms with van der Waals surface area (Å²) in [5.41, 5.74) is 2.30. The lowest BCUT2D eigenvalue weighted by Gasteiger charge is -2.25. The first-order valence-corrected chi connectivity index (χ1v) is 9.42. The van der Waals surface area contributed by atoms with E-state index in [0.717, 1.165) is 5.56 Å². The minimum absolute atomic E-state index is 0.00335. The number of carbonyl (C=O) groups excluding carboxylic acids is 2. The van der Waals surface area contributed by atoms with Crippen LogP contribution < -0.4 is 4.74 Å². The second-order valence-corrected chi connectivity index (χ2v) is 8.23. The monoisotopic (exact) mass is 365 g/mol. The molecule has 1 aliphatic rings. The average Bonchev–Trinajstić information content (AvgIpc) is 3.03. The van der Waals surface area contributed by atoms with E-state index >= 15 is 0 Å². The summed E-state index contributed by atoms with van der Waals surface area (Å²) in [6, 6.07) is 17.4. The smallest absolute Gasteiger partial charge is 0.316 e. The van der Waals surface area contributed by atoms with Gasteiger partial charge in [0.2, 0.25) is 5.91 Å². The van der Waals surface area contributed by atoms with Crippen molar-refractivity contribution in [3.63, 3.8) is 0 Å². The van der Waals surface area contributed by atoms with Crippen LogP contribution in [-0.2, 0) is 15.0 Å². The molecule has 142 valence electrons. The van der Waals surface area contributed by atoms with Crippen LogP contribution in [0.3, 0.4) is 0 Å². The molecule has 0 aromatic heterocycles. The fourth-order valence-electron chi connectivity index (χ4n) is 3.40. The molecule has 4 heteroatoms. The normalized spacial score (nSPS) is 18.4. The molecule has 4 nitrogen and oxygen atoms in total. The van der Waals surface area contributed by atoms with E-state index in [4.69, 9.17) is 4.74 Å². The molecule has 0 saturated carbocycles. The maximum atomic E-state index is 12.5. The molecule has 1 saturated heterocycles. The number of hydrogen-bond donors (Lipinski definition) is 0. The van der Waals surface area contributed by atoms with Gasteiger partial charge >= 0.3 is 5.97 Å². The highest BCUT2D eigenvalue weighted by molar-refractivity contribution is 5.87. The van der Waals surface area contributed by atoms with Crippen molar-refractivity contribution in [2.45, 2.75) is 45.6 Å². The van der Waals surface area contributed by atoms with Gasteiger partial charge in [-0.25, -0.2) is 0 Å². The third kappa shape index (κ3) is 4.38. The first-order chi connectivity index (χ1) is 12.8. The summed E-state index contributed by atoms with van der Waals surface area (Å²) in [4.78, 5) is 26.7. The molecule has 0 unspecified atom stereocenters. The van der Waals surface area contributed by atoms with Crippen LogP contribution >= 0.6 is 0 Å². The zero-order chi connectivity index (χ0) is 19.6. The molecule has 27 heavy (non-hydrogen) atoms. The summed E-state index contributed by atoms with van der Waals surface area (Å²) in [6.07, 6.45) is 0.204. The topological polar surface area (TPSA) is 46.6 Å². The van der Waals surface area contributed by atoms with Gasteiger partial charge in [0.25, 0.3) is 0 Å². The van der Waals surface area contributed by atoms with E-state index in [9.17, 15) is 9.59 Å². The summed E-state index contributed by atoms with van der Waals surface area (Å²) in [7, 11) is 0. The van der Waals surface area contributed by atoms with Crippen LogP contribution in [0.1, 0.15) is 51.3 Å². The standard InChI is InChI=1S/C23H27NO3/c1-16(17-8-6-5-7-9-17)24-15-18(14-21(24)25)22(26)27-20-12-10-19(11-13-20)23(2,3)4/h5-13,16,18H,14-15H2,1-4H3/t16-,18-/m1/s1. The number of esters is 1. The first-order valence-electron chi connectivity index (χ1n) is 9.42. The van der Waals surface area contributed by atoms with Crippen molar-refractivity contribution in [1.82, 2.24) is 4.90 Å². The van der Waals surface area contributed by atoms with Crippen LogP contribution in [0, 0.1) is 5.92 Å². The second-order valence-electron chi connectivity index (χ2n) is 8.23. The molecule has 0 radical (unpaired) electrons. The fourth-order valence-corrected chi connectivity index (χ4v) is 3.40. The highest BCUT2D eigenvalue weighted by Crippen LogP contribution is 2.30. The number of carbonyl (C=O) groups is 2. The van der Waals surface area contributed by atoms with E-state index in [1.807, 2.05) is 61.5 Å². The Kier molecular flexibility index (Phi) is 5.36. The predicted molar refractivity (Wildman–Crippen MR) is 105 cm³/mol. The SMILES string of the molecule is C[C@H](c1ccccc1)N1C[C@H](C(=O)Oc2ccc(C(C)(C)C)cc2)CC1=O. The number of amides is 1. The second kappa shape index (κ2) is 7.55. The molecule has 0 bridgehead atoms. The van der Waals surface area contributed by atoms with E-state index in [-0.39, 0.29) is 29.8 Å². The van der Waals surface area contributed by atoms with Gasteiger partial charge in [0, 0.05) is 13.0 Å². The molecule has 1 fully saturated rings. The first kappa shape index (κ1) is 19.2. The summed E-state index contributed by atoms with van der Waals surface area (Å²) < 4.78 is 5.53. The third-order valence-corrected chi connectivity index (χ3v) is 5.18. The van der Waals surface area contributed by atoms with Crippen molar-refractivity contribution in [3.8, 4) is 5.75 Å². The van der Waals surface area contributed by atoms with Crippen LogP contribution in [0.4, 0.5) is 0 Å². The molecule has 0 spiro atoms. The van der Waals surface area contributed by atoms with Gasteiger partial charge in [0.1, 0.15) is 5.75 Å². The lowest BCUT2D eigenvalue weighted by Crippen LogP contribution is -2.30. The number of benzene rings is 2. The van der Waals surface area contributed by atoms with E-state index in [1.54, 1.807) is 4.90 Å². The zero-order valence-electron chi connectivity index (χ0n) is 16.4. The summed E-state index contributed by atoms with van der Waals surface area (Å²) in [5, 5.41) is 0. The van der Waals surface area contributed by atoms with Gasteiger partial charge in [0.05, 0.1) is 12.0 Å². The molecule has 2 aromatic rings. The number of likely N-dealkylation sites (tertiary alicyclic amines) is 1. The van der Waals surface area contributed by atoms with Crippen LogP contribution in [0.5, 0.6) is 5.75 Å². The van der Waals surface area contributed by atoms with Crippen molar-refractivity contribution in [2.24, 2.45) is 5.92 Å². The molecule has 2 atom stereocenters. The van der Waals surface area contributed by atoms with Crippen LogP contribution in [-0.4, -0.2) is 23.3 Å². The predicted octanol–water partition coefficient (Wildman–Crippen LogP) is 4.50. The minimum atomic E-state index is -0.425. The molecule has 0 N–H and O–H groups in total. The Labute approximate surface area is 161 Å². The van der Waals surface area contributed by atoms with E-state index in [1.165, 1.54) is 5.56 Å². The maximum Gasteiger partial charge on any atom is 0.316 e. The summed E-state index contributed by atoms with van der Waals surface area (Å²) in [6.45, 7) is 8.81. The number of rotatable bonds is 4. The van der Waals surface area contributed by atoms with Gasteiger partial charge in [-0.2, -0.15) is 0 Å². The lowest BCUT2D eigenvalue weighted by atomic mass is 9.87. The Morgan fingerprint density at radius 2 is 1.70 bits per heavy atom. The Bertz CT molecular complexity index is 806. The van der Waals surface area contributed by atoms with Crippen molar-refractivity contribution in [2.75, 3.05) is 6.54 Å². The summed E-state index contributed by atoms with van der Waals surface area (Å²) in [5.74, 6) is -0.244. The van der Waals surface area contributed by atoms with E-state index < -0.39 is 5.92 Å². The van der Waals surface area contributed by atoms with Crippen molar-refractivity contribution in [1.29, 1.82) is 0 Å². The number of nitrogens with zero attached hydrogens (tertiary/aromatic N) is 1. The van der Waals surface area contributed by atoms with Crippen molar-refractivity contribution in [3.05, 3.63) is 65.7 Å². The minimum Gasteiger partial charge on any atom is -0.426 e. The molecular weight excluding hydrogens is 338 g/mol. The largest absolute Gasteiger partial charge is 0.426 e. The van der Waals surface area contributed by atoms with Crippen molar-refractivity contribution < 1.29 is 14.3 Å². The molecule has 3 rings (SSSR count). The van der Waals surface area contributed by atoms with Gasteiger partial charge in [-0.3, -0.25) is 9.59 Å². The molecule has 2 aromatic carbocycles.